The third-order valence-electron chi connectivity index (χ3n) is 1.67. The van der Waals surface area contributed by atoms with E-state index in [-0.39, 0.29) is 0 Å². The fraction of sp³-hybridized carbons (Fsp3) is 1.00. The van der Waals surface area contributed by atoms with Crippen molar-refractivity contribution in [1.29, 1.82) is 0 Å². The molecule has 11 heavy (non-hydrogen) atoms. The van der Waals surface area contributed by atoms with E-state index in [0.29, 0.717) is 5.75 Å². The Kier molecular flexibility index (Phi) is 3.15. The zero-order valence-corrected chi connectivity index (χ0v) is 6.99. The van der Waals surface area contributed by atoms with Crippen LogP contribution >= 0.6 is 11.8 Å². The highest BCUT2D eigenvalue weighted by Gasteiger charge is 2.41. The van der Waals surface area contributed by atoms with E-state index in [1.54, 1.807) is 0 Å². The lowest BCUT2D eigenvalue weighted by atomic mass is 10.2. The molecule has 3 N–H and O–H groups in total. The Labute approximate surface area is 69.2 Å². The monoisotopic (exact) mass is 180 g/mol. The average Bonchev–Trinajstić information content (AvgIpc) is 2.19. The summed E-state index contributed by atoms with van der Waals surface area (Å²) in [7, 11) is 0. The van der Waals surface area contributed by atoms with Crippen LogP contribution in [0.3, 0.4) is 0 Å². The van der Waals surface area contributed by atoms with E-state index in [0.717, 1.165) is 0 Å². The summed E-state index contributed by atoms with van der Waals surface area (Å²) in [6, 6.07) is 0. The Balaban J connectivity index is 2.45. The average molecular weight is 180 g/mol. The molecule has 0 saturated carbocycles. The first-order valence-electron chi connectivity index (χ1n) is 3.35. The second kappa shape index (κ2) is 3.73. The van der Waals surface area contributed by atoms with E-state index in [9.17, 15) is 5.11 Å². The van der Waals surface area contributed by atoms with Crippen LogP contribution < -0.4 is 0 Å². The Morgan fingerprint density at radius 3 is 2.27 bits per heavy atom. The number of hydrogen-bond acceptors (Lipinski definition) is 5. The second-order valence-corrected chi connectivity index (χ2v) is 3.41. The number of aliphatic hydroxyl groups is 3. The van der Waals surface area contributed by atoms with E-state index < -0.39 is 24.6 Å². The largest absolute Gasteiger partial charge is 0.387 e. The Hall–Kier alpha value is 0.190. The molecule has 0 aromatic heterocycles. The molecule has 0 unspecified atom stereocenters. The van der Waals surface area contributed by atoms with Crippen molar-refractivity contribution in [3.8, 4) is 0 Å². The van der Waals surface area contributed by atoms with Crippen LogP contribution in [0.4, 0.5) is 0 Å². The Morgan fingerprint density at radius 1 is 1.27 bits per heavy atom. The molecule has 0 aliphatic carbocycles. The summed E-state index contributed by atoms with van der Waals surface area (Å²) in [5.74, 6) is 0.579. The molecule has 0 amide bonds. The molecule has 0 bridgehead atoms. The van der Waals surface area contributed by atoms with Gasteiger partial charge in [-0.15, -0.1) is 0 Å². The van der Waals surface area contributed by atoms with Gasteiger partial charge in [-0.05, 0) is 6.26 Å². The minimum Gasteiger partial charge on any atom is -0.387 e. The molecule has 1 aliphatic heterocycles. The third-order valence-corrected chi connectivity index (χ3v) is 2.33. The topological polar surface area (TPSA) is 69.9 Å². The number of thioether (sulfide) groups is 1. The number of rotatable bonds is 2. The van der Waals surface area contributed by atoms with Gasteiger partial charge in [-0.2, -0.15) is 11.8 Å². The zero-order valence-electron chi connectivity index (χ0n) is 6.17. The molecular weight excluding hydrogens is 168 g/mol. The molecule has 0 radical (unpaired) electrons. The summed E-state index contributed by atoms with van der Waals surface area (Å²) in [5, 5.41) is 27.2. The summed E-state index contributed by atoms with van der Waals surface area (Å²) < 4.78 is 4.86. The van der Waals surface area contributed by atoms with Crippen molar-refractivity contribution in [2.45, 2.75) is 24.6 Å². The van der Waals surface area contributed by atoms with Crippen LogP contribution in [0.15, 0.2) is 0 Å². The molecule has 1 heterocycles. The van der Waals surface area contributed by atoms with Crippen molar-refractivity contribution in [3.63, 3.8) is 0 Å². The lowest BCUT2D eigenvalue weighted by Gasteiger charge is -2.11. The normalized spacial score (nSPS) is 44.7. The molecule has 66 valence electrons. The van der Waals surface area contributed by atoms with Gasteiger partial charge >= 0.3 is 0 Å². The van der Waals surface area contributed by atoms with Gasteiger partial charge in [-0.1, -0.05) is 0 Å². The van der Waals surface area contributed by atoms with Gasteiger partial charge in [0.1, 0.15) is 12.2 Å². The van der Waals surface area contributed by atoms with Gasteiger partial charge in [0, 0.05) is 5.75 Å². The highest BCUT2D eigenvalue weighted by molar-refractivity contribution is 7.98. The van der Waals surface area contributed by atoms with Gasteiger partial charge in [-0.3, -0.25) is 0 Å². The van der Waals surface area contributed by atoms with Crippen molar-refractivity contribution < 1.29 is 20.1 Å². The Bertz CT molecular complexity index is 132. The summed E-state index contributed by atoms with van der Waals surface area (Å²) in [5.41, 5.74) is 0. The molecule has 5 heteroatoms. The third kappa shape index (κ3) is 1.86. The first-order valence-corrected chi connectivity index (χ1v) is 4.75. The van der Waals surface area contributed by atoms with Crippen LogP contribution in [0.2, 0.25) is 0 Å². The predicted molar refractivity (Wildman–Crippen MR) is 41.3 cm³/mol. The van der Waals surface area contributed by atoms with Crippen molar-refractivity contribution in [3.05, 3.63) is 0 Å². The quantitative estimate of drug-likeness (QED) is 0.497. The van der Waals surface area contributed by atoms with Crippen molar-refractivity contribution in [2.75, 3.05) is 12.0 Å². The second-order valence-electron chi connectivity index (χ2n) is 2.50. The smallest absolute Gasteiger partial charge is 0.183 e. The highest BCUT2D eigenvalue weighted by Crippen LogP contribution is 2.21. The SMILES string of the molecule is CSC[C@H]1O[C@@H](O)[C@H](O)[C@@H]1O. The summed E-state index contributed by atoms with van der Waals surface area (Å²) in [6.45, 7) is 0. The Morgan fingerprint density at radius 2 is 1.91 bits per heavy atom. The van der Waals surface area contributed by atoms with Gasteiger partial charge in [-0.25, -0.2) is 0 Å². The van der Waals surface area contributed by atoms with Gasteiger partial charge in [0.25, 0.3) is 0 Å². The number of ether oxygens (including phenoxy) is 1. The molecule has 4 nitrogen and oxygen atoms in total. The van der Waals surface area contributed by atoms with Gasteiger partial charge in [0.15, 0.2) is 6.29 Å². The van der Waals surface area contributed by atoms with Crippen LogP contribution in [0, 0.1) is 0 Å². The van der Waals surface area contributed by atoms with Gasteiger partial charge < -0.3 is 20.1 Å². The minimum absolute atomic E-state index is 0.449. The molecule has 0 aromatic rings. The standard InChI is InChI=1S/C6H12O4S/c1-11-2-3-4(7)5(8)6(9)10-3/h3-9H,2H2,1H3/t3-,4-,5-,6-/m1/s1. The molecule has 1 fully saturated rings. The van der Waals surface area contributed by atoms with Crippen LogP contribution in [0.25, 0.3) is 0 Å². The van der Waals surface area contributed by atoms with Crippen molar-refractivity contribution in [1.82, 2.24) is 0 Å². The van der Waals surface area contributed by atoms with Crippen molar-refractivity contribution >= 4 is 11.8 Å². The van der Waals surface area contributed by atoms with E-state index >= 15 is 0 Å². The van der Waals surface area contributed by atoms with Crippen LogP contribution in [-0.4, -0.2) is 51.9 Å². The first-order chi connectivity index (χ1) is 5.16. The molecule has 1 aliphatic rings. The fourth-order valence-electron chi connectivity index (χ4n) is 1.03. The molecule has 0 spiro atoms. The maximum atomic E-state index is 9.21. The van der Waals surface area contributed by atoms with E-state index in [1.807, 2.05) is 6.26 Å². The number of aliphatic hydroxyl groups excluding tert-OH is 3. The maximum Gasteiger partial charge on any atom is 0.183 e. The lowest BCUT2D eigenvalue weighted by Crippen LogP contribution is -2.33. The molecule has 0 aromatic carbocycles. The van der Waals surface area contributed by atoms with Gasteiger partial charge in [0.05, 0.1) is 6.10 Å². The fourth-order valence-corrected chi connectivity index (χ4v) is 1.64. The molecule has 1 saturated heterocycles. The lowest BCUT2D eigenvalue weighted by molar-refractivity contribution is -0.123. The maximum absolute atomic E-state index is 9.21. The van der Waals surface area contributed by atoms with Gasteiger partial charge in [0.2, 0.25) is 0 Å². The van der Waals surface area contributed by atoms with Crippen LogP contribution in [0.1, 0.15) is 0 Å². The molecule has 1 rings (SSSR count). The predicted octanol–water partition coefficient (Wildman–Crippen LogP) is -1.21. The van der Waals surface area contributed by atoms with Crippen LogP contribution in [-0.2, 0) is 4.74 Å². The minimum atomic E-state index is -1.23. The van der Waals surface area contributed by atoms with E-state index in [4.69, 9.17) is 14.9 Å². The zero-order chi connectivity index (χ0) is 8.43. The summed E-state index contributed by atoms with van der Waals surface area (Å²) >= 11 is 1.50. The summed E-state index contributed by atoms with van der Waals surface area (Å²) in [4.78, 5) is 0. The first kappa shape index (κ1) is 9.28. The molecular formula is C6H12O4S. The van der Waals surface area contributed by atoms with Crippen molar-refractivity contribution in [2.24, 2.45) is 0 Å². The van der Waals surface area contributed by atoms with E-state index in [1.165, 1.54) is 11.8 Å². The van der Waals surface area contributed by atoms with E-state index in [2.05, 4.69) is 0 Å². The summed E-state index contributed by atoms with van der Waals surface area (Å²) in [6.07, 6.45) is -1.94. The highest BCUT2D eigenvalue weighted by atomic mass is 32.2. The number of hydrogen-bond donors (Lipinski definition) is 3. The van der Waals surface area contributed by atoms with Crippen LogP contribution in [0.5, 0.6) is 0 Å². The molecule has 4 atom stereocenters.